The van der Waals surface area contributed by atoms with Crippen LogP contribution in [0.3, 0.4) is 0 Å². The SMILES string of the molecule is CCc1oc2c(c1C)CCC(C(C)(C)C)C2. The summed E-state index contributed by atoms with van der Waals surface area (Å²) in [6.07, 6.45) is 4.70. The topological polar surface area (TPSA) is 13.1 Å². The normalized spacial score (nSPS) is 20.9. The van der Waals surface area contributed by atoms with Crippen molar-refractivity contribution in [2.45, 2.75) is 60.3 Å². The van der Waals surface area contributed by atoms with Crippen molar-refractivity contribution in [3.05, 3.63) is 22.6 Å². The Kier molecular flexibility index (Phi) is 2.90. The summed E-state index contributed by atoms with van der Waals surface area (Å²) in [6, 6.07) is 0. The van der Waals surface area contributed by atoms with Crippen molar-refractivity contribution in [1.29, 1.82) is 0 Å². The minimum Gasteiger partial charge on any atom is -0.466 e. The van der Waals surface area contributed by atoms with E-state index in [2.05, 4.69) is 34.6 Å². The molecule has 1 heteroatoms. The van der Waals surface area contributed by atoms with Gasteiger partial charge in [-0.05, 0) is 42.2 Å². The maximum absolute atomic E-state index is 6.01. The number of rotatable bonds is 1. The molecule has 0 aliphatic heterocycles. The van der Waals surface area contributed by atoms with Gasteiger partial charge in [0.1, 0.15) is 11.5 Å². The molecule has 0 radical (unpaired) electrons. The Morgan fingerprint density at radius 2 is 2.00 bits per heavy atom. The van der Waals surface area contributed by atoms with Crippen LogP contribution in [0.15, 0.2) is 4.42 Å². The lowest BCUT2D eigenvalue weighted by molar-refractivity contribution is 0.202. The molecule has 1 nitrogen and oxygen atoms in total. The Bertz CT molecular complexity index is 379. The van der Waals surface area contributed by atoms with E-state index in [0.29, 0.717) is 5.41 Å². The summed E-state index contributed by atoms with van der Waals surface area (Å²) in [5, 5.41) is 0. The molecule has 1 aromatic heterocycles. The Morgan fingerprint density at radius 1 is 1.31 bits per heavy atom. The van der Waals surface area contributed by atoms with E-state index in [4.69, 9.17) is 4.42 Å². The fraction of sp³-hybridized carbons (Fsp3) is 0.733. The maximum Gasteiger partial charge on any atom is 0.107 e. The zero-order chi connectivity index (χ0) is 11.9. The van der Waals surface area contributed by atoms with Crippen LogP contribution >= 0.6 is 0 Å². The molecule has 0 aromatic carbocycles. The first-order valence-corrected chi connectivity index (χ1v) is 6.53. The second-order valence-corrected chi connectivity index (χ2v) is 6.21. The number of hydrogen-bond donors (Lipinski definition) is 0. The fourth-order valence-corrected chi connectivity index (χ4v) is 2.88. The predicted octanol–water partition coefficient (Wildman–Crippen LogP) is 4.30. The van der Waals surface area contributed by atoms with Gasteiger partial charge in [-0.25, -0.2) is 0 Å². The lowest BCUT2D eigenvalue weighted by Crippen LogP contribution is -2.26. The van der Waals surface area contributed by atoms with Crippen LogP contribution in [0.1, 0.15) is 56.8 Å². The van der Waals surface area contributed by atoms with E-state index in [0.717, 1.165) is 18.8 Å². The van der Waals surface area contributed by atoms with E-state index < -0.39 is 0 Å². The van der Waals surface area contributed by atoms with E-state index >= 15 is 0 Å². The zero-order valence-electron chi connectivity index (χ0n) is 11.3. The summed E-state index contributed by atoms with van der Waals surface area (Å²) < 4.78 is 6.01. The zero-order valence-corrected chi connectivity index (χ0v) is 11.3. The van der Waals surface area contributed by atoms with Gasteiger partial charge in [0.2, 0.25) is 0 Å². The highest BCUT2D eigenvalue weighted by Gasteiger charge is 2.31. The molecule has 0 N–H and O–H groups in total. The van der Waals surface area contributed by atoms with E-state index in [-0.39, 0.29) is 0 Å². The van der Waals surface area contributed by atoms with E-state index in [1.165, 1.54) is 35.5 Å². The third-order valence-electron chi connectivity index (χ3n) is 4.17. The van der Waals surface area contributed by atoms with Gasteiger partial charge in [0.15, 0.2) is 0 Å². The molecule has 0 saturated heterocycles. The van der Waals surface area contributed by atoms with Crippen LogP contribution in [-0.2, 0) is 19.3 Å². The number of furan rings is 1. The van der Waals surface area contributed by atoms with Gasteiger partial charge >= 0.3 is 0 Å². The largest absolute Gasteiger partial charge is 0.466 e. The standard InChI is InChI=1S/C15H24O/c1-6-13-10(2)12-8-7-11(15(3,4)5)9-14(12)16-13/h11H,6-9H2,1-5H3. The molecule has 1 aromatic rings. The molecule has 16 heavy (non-hydrogen) atoms. The van der Waals surface area contributed by atoms with Crippen LogP contribution in [-0.4, -0.2) is 0 Å². The molecule has 0 amide bonds. The van der Waals surface area contributed by atoms with E-state index in [1.54, 1.807) is 0 Å². The minimum atomic E-state index is 0.408. The van der Waals surface area contributed by atoms with Crippen LogP contribution in [0.4, 0.5) is 0 Å². The number of hydrogen-bond acceptors (Lipinski definition) is 1. The molecule has 90 valence electrons. The molecule has 1 aliphatic rings. The predicted molar refractivity (Wildman–Crippen MR) is 67.8 cm³/mol. The number of fused-ring (bicyclic) bond motifs is 1. The third-order valence-corrected chi connectivity index (χ3v) is 4.17. The van der Waals surface area contributed by atoms with E-state index in [9.17, 15) is 0 Å². The van der Waals surface area contributed by atoms with Crippen molar-refractivity contribution < 1.29 is 4.42 Å². The van der Waals surface area contributed by atoms with Crippen LogP contribution in [0.5, 0.6) is 0 Å². The molecule has 1 unspecified atom stereocenters. The minimum absolute atomic E-state index is 0.408. The monoisotopic (exact) mass is 220 g/mol. The summed E-state index contributed by atoms with van der Waals surface area (Å²) >= 11 is 0. The smallest absolute Gasteiger partial charge is 0.107 e. The molecular weight excluding hydrogens is 196 g/mol. The van der Waals surface area contributed by atoms with Gasteiger partial charge in [0.25, 0.3) is 0 Å². The molecule has 1 atom stereocenters. The maximum atomic E-state index is 6.01. The van der Waals surface area contributed by atoms with Crippen molar-refractivity contribution in [3.63, 3.8) is 0 Å². The van der Waals surface area contributed by atoms with Gasteiger partial charge in [-0.15, -0.1) is 0 Å². The van der Waals surface area contributed by atoms with Crippen molar-refractivity contribution >= 4 is 0 Å². The van der Waals surface area contributed by atoms with Crippen LogP contribution in [0, 0.1) is 18.3 Å². The van der Waals surface area contributed by atoms with Crippen LogP contribution in [0.25, 0.3) is 0 Å². The Hall–Kier alpha value is -0.720. The summed E-state index contributed by atoms with van der Waals surface area (Å²) in [5.74, 6) is 3.26. The highest BCUT2D eigenvalue weighted by atomic mass is 16.3. The first-order valence-electron chi connectivity index (χ1n) is 6.53. The molecule has 1 aliphatic carbocycles. The lowest BCUT2D eigenvalue weighted by Gasteiger charge is -2.33. The summed E-state index contributed by atoms with van der Waals surface area (Å²) in [4.78, 5) is 0. The summed E-state index contributed by atoms with van der Waals surface area (Å²) in [7, 11) is 0. The second-order valence-electron chi connectivity index (χ2n) is 6.21. The van der Waals surface area contributed by atoms with Crippen molar-refractivity contribution in [3.8, 4) is 0 Å². The van der Waals surface area contributed by atoms with Gasteiger partial charge in [0.05, 0.1) is 0 Å². The lowest BCUT2D eigenvalue weighted by atomic mass is 9.72. The highest BCUT2D eigenvalue weighted by molar-refractivity contribution is 5.34. The summed E-state index contributed by atoms with van der Waals surface area (Å²) in [5.41, 5.74) is 3.34. The molecule has 0 saturated carbocycles. The molecule has 2 rings (SSSR count). The Balaban J connectivity index is 2.28. The van der Waals surface area contributed by atoms with Crippen molar-refractivity contribution in [2.75, 3.05) is 0 Å². The quantitative estimate of drug-likeness (QED) is 0.687. The van der Waals surface area contributed by atoms with Crippen LogP contribution < -0.4 is 0 Å². The first kappa shape index (κ1) is 11.8. The van der Waals surface area contributed by atoms with Crippen LogP contribution in [0.2, 0.25) is 0 Å². The summed E-state index contributed by atoms with van der Waals surface area (Å²) in [6.45, 7) is 11.4. The highest BCUT2D eigenvalue weighted by Crippen LogP contribution is 2.39. The Morgan fingerprint density at radius 3 is 2.56 bits per heavy atom. The second kappa shape index (κ2) is 3.94. The third kappa shape index (κ3) is 1.92. The first-order chi connectivity index (χ1) is 7.43. The fourth-order valence-electron chi connectivity index (χ4n) is 2.88. The number of aryl methyl sites for hydroxylation is 1. The Labute approximate surface area is 99.2 Å². The molecule has 0 fully saturated rings. The molecule has 0 bridgehead atoms. The average molecular weight is 220 g/mol. The van der Waals surface area contributed by atoms with Gasteiger partial charge in [0, 0.05) is 12.8 Å². The average Bonchev–Trinajstić information content (AvgIpc) is 2.54. The van der Waals surface area contributed by atoms with E-state index in [1.807, 2.05) is 0 Å². The van der Waals surface area contributed by atoms with Gasteiger partial charge < -0.3 is 4.42 Å². The van der Waals surface area contributed by atoms with Gasteiger partial charge in [-0.3, -0.25) is 0 Å². The van der Waals surface area contributed by atoms with Crippen molar-refractivity contribution in [1.82, 2.24) is 0 Å². The molecule has 1 heterocycles. The van der Waals surface area contributed by atoms with Crippen molar-refractivity contribution in [2.24, 2.45) is 11.3 Å². The molecular formula is C15H24O. The molecule has 0 spiro atoms. The van der Waals surface area contributed by atoms with Gasteiger partial charge in [-0.2, -0.15) is 0 Å². The van der Waals surface area contributed by atoms with Gasteiger partial charge in [-0.1, -0.05) is 27.7 Å².